The summed E-state index contributed by atoms with van der Waals surface area (Å²) < 4.78 is 19.2. The smallest absolute Gasteiger partial charge is 0.411 e. The van der Waals surface area contributed by atoms with E-state index in [-0.39, 0.29) is 54.9 Å². The summed E-state index contributed by atoms with van der Waals surface area (Å²) in [6, 6.07) is 11.1. The van der Waals surface area contributed by atoms with Crippen LogP contribution in [-0.4, -0.2) is 65.7 Å². The highest BCUT2D eigenvalue weighted by Crippen LogP contribution is 2.45. The van der Waals surface area contributed by atoms with Gasteiger partial charge in [-0.25, -0.2) is 9.18 Å². The number of nitrogens with one attached hydrogen (secondary N) is 2. The van der Waals surface area contributed by atoms with Crippen molar-refractivity contribution in [1.82, 2.24) is 15.1 Å². The first-order valence-electron chi connectivity index (χ1n) is 13.4. The van der Waals surface area contributed by atoms with E-state index in [0.717, 1.165) is 18.4 Å². The minimum atomic E-state index is -1.16. The van der Waals surface area contributed by atoms with Crippen molar-refractivity contribution in [2.75, 3.05) is 31.5 Å². The third-order valence-corrected chi connectivity index (χ3v) is 8.37. The molecule has 2 aliphatic carbocycles. The maximum absolute atomic E-state index is 13.5. The summed E-state index contributed by atoms with van der Waals surface area (Å²) in [5.74, 6) is -0.522. The number of carbonyl (C=O) groups excluding carboxylic acids is 4. The molecule has 0 bridgehead atoms. The quantitative estimate of drug-likeness (QED) is 0.539. The summed E-state index contributed by atoms with van der Waals surface area (Å²) in [7, 11) is 0. The van der Waals surface area contributed by atoms with E-state index in [1.165, 1.54) is 17.0 Å². The lowest BCUT2D eigenvalue weighted by molar-refractivity contribution is -0.135. The fourth-order valence-electron chi connectivity index (χ4n) is 5.74. The third kappa shape index (κ3) is 4.89. The van der Waals surface area contributed by atoms with Gasteiger partial charge in [-0.3, -0.25) is 19.3 Å². The van der Waals surface area contributed by atoms with Gasteiger partial charge in [0.2, 0.25) is 11.8 Å². The number of benzene rings is 2. The van der Waals surface area contributed by atoms with Crippen molar-refractivity contribution in [2.45, 2.75) is 44.4 Å². The molecule has 2 aromatic carbocycles. The van der Waals surface area contributed by atoms with E-state index < -0.39 is 11.7 Å². The molecule has 0 aromatic heterocycles. The predicted octanol–water partition coefficient (Wildman–Crippen LogP) is 3.04. The van der Waals surface area contributed by atoms with Gasteiger partial charge >= 0.3 is 6.09 Å². The van der Waals surface area contributed by atoms with Gasteiger partial charge in [0.15, 0.2) is 11.4 Å². The summed E-state index contributed by atoms with van der Waals surface area (Å²) >= 11 is 0. The number of anilines is 1. The van der Waals surface area contributed by atoms with Crippen LogP contribution in [0, 0.1) is 17.7 Å². The molecule has 1 spiro atoms. The van der Waals surface area contributed by atoms with E-state index in [1.807, 2.05) is 6.92 Å². The summed E-state index contributed by atoms with van der Waals surface area (Å²) in [4.78, 5) is 54.9. The first kappa shape index (κ1) is 25.5. The Bertz CT molecular complexity index is 1340. The molecule has 2 aromatic rings. The normalized spacial score (nSPS) is 22.9. The molecule has 2 atom stereocenters. The molecule has 2 heterocycles. The van der Waals surface area contributed by atoms with Gasteiger partial charge in [-0.1, -0.05) is 18.2 Å². The number of fused-ring (bicyclic) bond motifs is 2. The summed E-state index contributed by atoms with van der Waals surface area (Å²) in [5.41, 5.74) is 1.19. The first-order valence-corrected chi connectivity index (χ1v) is 13.4. The van der Waals surface area contributed by atoms with Crippen molar-refractivity contribution in [2.24, 2.45) is 11.8 Å². The molecule has 204 valence electrons. The minimum Gasteiger partial charge on any atom is -0.435 e. The third-order valence-electron chi connectivity index (χ3n) is 8.37. The standard InChI is InChI=1S/C29H31FN4O5/c1-17(19-4-5-19)34(14-18-2-6-21(30)7-3-18)26(36)15-33-16-29(39-28(33)38)11-25(35)23-10-22(8-9-24(23)29)32-27(37)20-12-31-13-20/h2-3,6-10,17,19-20,31H,4-5,11-16H2,1H3,(H,32,37)/t17?,29-/m1/s1. The summed E-state index contributed by atoms with van der Waals surface area (Å²) in [5, 5.41) is 5.91. The number of rotatable bonds is 8. The average molecular weight is 535 g/mol. The van der Waals surface area contributed by atoms with Gasteiger partial charge in [0.25, 0.3) is 0 Å². The number of carbonyl (C=O) groups is 4. The number of ketones is 1. The molecule has 3 amide bonds. The van der Waals surface area contributed by atoms with Crippen molar-refractivity contribution in [1.29, 1.82) is 0 Å². The van der Waals surface area contributed by atoms with E-state index in [4.69, 9.17) is 4.74 Å². The molecule has 10 heteroatoms. The SMILES string of the molecule is CC(C1CC1)N(Cc1ccc(F)cc1)C(=O)CN1C[C@@]2(CC(=O)c3cc(NC(=O)C4CNC4)ccc32)OC1=O. The maximum Gasteiger partial charge on any atom is 0.411 e. The van der Waals surface area contributed by atoms with Gasteiger partial charge in [-0.15, -0.1) is 0 Å². The van der Waals surface area contributed by atoms with Crippen molar-refractivity contribution in [3.8, 4) is 0 Å². The molecule has 2 N–H and O–H groups in total. The number of amides is 3. The second-order valence-electron chi connectivity index (χ2n) is 11.1. The van der Waals surface area contributed by atoms with Crippen LogP contribution in [0.4, 0.5) is 14.9 Å². The second-order valence-corrected chi connectivity index (χ2v) is 11.1. The Kier molecular flexibility index (Phi) is 6.37. The van der Waals surface area contributed by atoms with Crippen molar-refractivity contribution < 1.29 is 28.3 Å². The lowest BCUT2D eigenvalue weighted by Crippen LogP contribution is -2.48. The Morgan fingerprint density at radius 2 is 1.92 bits per heavy atom. The number of halogens is 1. The zero-order valence-electron chi connectivity index (χ0n) is 21.7. The van der Waals surface area contributed by atoms with E-state index >= 15 is 0 Å². The Morgan fingerprint density at radius 1 is 1.18 bits per heavy atom. The first-order chi connectivity index (χ1) is 18.7. The minimum absolute atomic E-state index is 0.0134. The summed E-state index contributed by atoms with van der Waals surface area (Å²) in [6.45, 7) is 3.49. The molecular weight excluding hydrogens is 503 g/mol. The molecule has 4 aliphatic rings. The zero-order valence-corrected chi connectivity index (χ0v) is 21.7. The average Bonchev–Trinajstić information content (AvgIpc) is 3.62. The van der Waals surface area contributed by atoms with Crippen LogP contribution >= 0.6 is 0 Å². The molecule has 3 fully saturated rings. The van der Waals surface area contributed by atoms with Gasteiger partial charge in [0.05, 0.1) is 18.9 Å². The molecule has 39 heavy (non-hydrogen) atoms. The lowest BCUT2D eigenvalue weighted by Gasteiger charge is -2.31. The molecule has 2 saturated heterocycles. The number of nitrogens with zero attached hydrogens (tertiary/aromatic N) is 2. The van der Waals surface area contributed by atoms with Gasteiger partial charge < -0.3 is 20.3 Å². The predicted molar refractivity (Wildman–Crippen MR) is 139 cm³/mol. The van der Waals surface area contributed by atoms with Crippen LogP contribution < -0.4 is 10.6 Å². The van der Waals surface area contributed by atoms with Crippen LogP contribution in [0.2, 0.25) is 0 Å². The van der Waals surface area contributed by atoms with E-state index in [0.29, 0.717) is 42.4 Å². The Hall–Kier alpha value is -3.79. The van der Waals surface area contributed by atoms with Crippen LogP contribution in [0.3, 0.4) is 0 Å². The number of ether oxygens (including phenoxy) is 1. The molecule has 0 radical (unpaired) electrons. The zero-order chi connectivity index (χ0) is 27.3. The Morgan fingerprint density at radius 3 is 2.59 bits per heavy atom. The highest BCUT2D eigenvalue weighted by atomic mass is 19.1. The van der Waals surface area contributed by atoms with Gasteiger partial charge in [0, 0.05) is 42.5 Å². The van der Waals surface area contributed by atoms with Crippen molar-refractivity contribution >= 4 is 29.4 Å². The fourth-order valence-corrected chi connectivity index (χ4v) is 5.74. The largest absolute Gasteiger partial charge is 0.435 e. The van der Waals surface area contributed by atoms with Crippen molar-refractivity contribution in [3.05, 3.63) is 65.0 Å². The molecule has 1 unspecified atom stereocenters. The number of hydrogen-bond acceptors (Lipinski definition) is 6. The van der Waals surface area contributed by atoms with Crippen LogP contribution in [0.5, 0.6) is 0 Å². The second kappa shape index (κ2) is 9.75. The Labute approximate surface area is 225 Å². The highest BCUT2D eigenvalue weighted by molar-refractivity contribution is 6.04. The molecule has 1 saturated carbocycles. The monoisotopic (exact) mass is 534 g/mol. The van der Waals surface area contributed by atoms with Crippen molar-refractivity contribution in [3.63, 3.8) is 0 Å². The molecule has 6 rings (SSSR count). The van der Waals surface area contributed by atoms with E-state index in [2.05, 4.69) is 10.6 Å². The van der Waals surface area contributed by atoms with Crippen LogP contribution in [0.1, 0.15) is 47.7 Å². The molecule has 2 aliphatic heterocycles. The molecule has 9 nitrogen and oxygen atoms in total. The van der Waals surface area contributed by atoms with Crippen LogP contribution in [-0.2, 0) is 26.5 Å². The van der Waals surface area contributed by atoms with Gasteiger partial charge in [-0.05, 0) is 55.5 Å². The van der Waals surface area contributed by atoms with E-state index in [9.17, 15) is 23.6 Å². The number of Topliss-reactive ketones (excluding diaryl/α,β-unsaturated/α-hetero) is 1. The van der Waals surface area contributed by atoms with Gasteiger partial charge in [-0.2, -0.15) is 0 Å². The van der Waals surface area contributed by atoms with Crippen LogP contribution in [0.25, 0.3) is 0 Å². The topological polar surface area (TPSA) is 108 Å². The Balaban J connectivity index is 1.17. The fraction of sp³-hybridized carbons (Fsp3) is 0.448. The van der Waals surface area contributed by atoms with Crippen LogP contribution in [0.15, 0.2) is 42.5 Å². The molecular formula is C29H31FN4O5. The lowest BCUT2D eigenvalue weighted by atomic mass is 9.95. The number of hydrogen-bond donors (Lipinski definition) is 2. The highest BCUT2D eigenvalue weighted by Gasteiger charge is 2.54. The summed E-state index contributed by atoms with van der Waals surface area (Å²) in [6.07, 6.45) is 1.43. The maximum atomic E-state index is 13.5. The van der Waals surface area contributed by atoms with Gasteiger partial charge in [0.1, 0.15) is 12.4 Å². The van der Waals surface area contributed by atoms with E-state index in [1.54, 1.807) is 35.2 Å².